The molecule has 0 fully saturated rings. The van der Waals surface area contributed by atoms with Gasteiger partial charge in [0.25, 0.3) is 0 Å². The zero-order valence-electron chi connectivity index (χ0n) is 22.1. The molecule has 40 heavy (non-hydrogen) atoms. The maximum absolute atomic E-state index is 12.0. The van der Waals surface area contributed by atoms with E-state index < -0.39 is 6.67 Å². The highest BCUT2D eigenvalue weighted by atomic mass is 32.1. The van der Waals surface area contributed by atoms with E-state index in [9.17, 15) is 9.50 Å². The molecule has 5 rings (SSSR count). The lowest BCUT2D eigenvalue weighted by molar-refractivity contribution is 0.0464. The number of thiazole rings is 1. The van der Waals surface area contributed by atoms with Crippen molar-refractivity contribution < 1.29 is 19.0 Å². The summed E-state index contributed by atoms with van der Waals surface area (Å²) < 4.78 is 23.4. The average Bonchev–Trinajstić information content (AvgIpc) is 3.42. The van der Waals surface area contributed by atoms with Crippen LogP contribution in [0.25, 0.3) is 44.1 Å². The number of alkyl halides is 1. The minimum absolute atomic E-state index is 0.128. The van der Waals surface area contributed by atoms with Gasteiger partial charge < -0.3 is 19.9 Å². The first kappa shape index (κ1) is 27.5. The predicted molar refractivity (Wildman–Crippen MR) is 164 cm³/mol. The quantitative estimate of drug-likeness (QED) is 0.114. The van der Waals surface area contributed by atoms with E-state index in [1.165, 1.54) is 0 Å². The number of nitrogens with one attached hydrogen (secondary N) is 1. The lowest BCUT2D eigenvalue weighted by Crippen LogP contribution is -2.12. The Morgan fingerprint density at radius 1 is 0.725 bits per heavy atom. The first-order chi connectivity index (χ1) is 19.7. The standard InChI is InChI=1S/C33H31FN2O3S/c34-17-19-38-21-22-39-20-18-35-29-13-11-27(12-14-29)26-7-3-24(4-8-26)1-2-25-5-9-28(10-6-25)33-36-31-16-15-30(37)23-32(31)40-33/h1-16,23,35,37H,17-22H2/b2-1+. The Hall–Kier alpha value is -4.04. The summed E-state index contributed by atoms with van der Waals surface area (Å²) in [6.07, 6.45) is 4.22. The van der Waals surface area contributed by atoms with Crippen molar-refractivity contribution in [1.82, 2.24) is 4.98 Å². The van der Waals surface area contributed by atoms with Gasteiger partial charge in [-0.15, -0.1) is 11.3 Å². The fourth-order valence-corrected chi connectivity index (χ4v) is 5.18. The van der Waals surface area contributed by atoms with Crippen molar-refractivity contribution >= 4 is 39.4 Å². The molecule has 2 N–H and O–H groups in total. The van der Waals surface area contributed by atoms with Crippen molar-refractivity contribution in [2.45, 2.75) is 0 Å². The molecular weight excluding hydrogens is 523 g/mol. The second-order valence-corrected chi connectivity index (χ2v) is 10.2. The molecule has 5 aromatic rings. The van der Waals surface area contributed by atoms with Crippen LogP contribution in [0.3, 0.4) is 0 Å². The van der Waals surface area contributed by atoms with E-state index in [1.807, 2.05) is 6.07 Å². The highest BCUT2D eigenvalue weighted by molar-refractivity contribution is 7.21. The summed E-state index contributed by atoms with van der Waals surface area (Å²) in [4.78, 5) is 4.68. The smallest absolute Gasteiger partial charge is 0.124 e. The largest absolute Gasteiger partial charge is 0.508 e. The average molecular weight is 555 g/mol. The molecule has 0 radical (unpaired) electrons. The van der Waals surface area contributed by atoms with Gasteiger partial charge in [-0.2, -0.15) is 0 Å². The molecule has 0 aliphatic heterocycles. The summed E-state index contributed by atoms with van der Waals surface area (Å²) in [5.74, 6) is 0.260. The number of phenolic OH excluding ortho intramolecular Hbond substituents is 1. The Morgan fingerprint density at radius 2 is 1.32 bits per heavy atom. The molecule has 0 amide bonds. The summed E-state index contributed by atoms with van der Waals surface area (Å²) in [5, 5.41) is 14.0. The SMILES string of the molecule is Oc1ccc2nc(-c3ccc(/C=C/c4ccc(-c5ccc(NCCOCCOCCF)cc5)cc4)cc3)sc2c1. The summed E-state index contributed by atoms with van der Waals surface area (Å²) >= 11 is 1.58. The van der Waals surface area contributed by atoms with Gasteiger partial charge in [0, 0.05) is 17.8 Å². The van der Waals surface area contributed by atoms with Crippen LogP contribution in [-0.4, -0.2) is 49.7 Å². The van der Waals surface area contributed by atoms with E-state index in [1.54, 1.807) is 23.5 Å². The minimum atomic E-state index is -0.462. The van der Waals surface area contributed by atoms with Crippen LogP contribution >= 0.6 is 11.3 Å². The molecule has 0 saturated heterocycles. The van der Waals surface area contributed by atoms with Crippen LogP contribution in [0.4, 0.5) is 10.1 Å². The van der Waals surface area contributed by atoms with Crippen LogP contribution in [0.1, 0.15) is 11.1 Å². The lowest BCUT2D eigenvalue weighted by atomic mass is 10.0. The van der Waals surface area contributed by atoms with E-state index >= 15 is 0 Å². The number of phenols is 1. The summed E-state index contributed by atoms with van der Waals surface area (Å²) in [6, 6.07) is 30.5. The fraction of sp³-hybridized carbons (Fsp3) is 0.182. The van der Waals surface area contributed by atoms with Crippen molar-refractivity contribution in [2.75, 3.05) is 45.0 Å². The van der Waals surface area contributed by atoms with Gasteiger partial charge in [0.05, 0.1) is 36.6 Å². The third-order valence-electron chi connectivity index (χ3n) is 6.30. The number of fused-ring (bicyclic) bond motifs is 1. The third-order valence-corrected chi connectivity index (χ3v) is 7.36. The van der Waals surface area contributed by atoms with Crippen LogP contribution in [0.5, 0.6) is 5.75 Å². The van der Waals surface area contributed by atoms with Crippen LogP contribution in [0.2, 0.25) is 0 Å². The number of aromatic hydroxyl groups is 1. The molecule has 0 atom stereocenters. The molecule has 0 unspecified atom stereocenters. The first-order valence-electron chi connectivity index (χ1n) is 13.2. The van der Waals surface area contributed by atoms with Crippen LogP contribution in [0, 0.1) is 0 Å². The number of anilines is 1. The molecule has 204 valence electrons. The molecular formula is C33H31FN2O3S. The van der Waals surface area contributed by atoms with Gasteiger partial charge in [0.2, 0.25) is 0 Å². The van der Waals surface area contributed by atoms with E-state index in [-0.39, 0.29) is 12.4 Å². The molecule has 0 aliphatic rings. The van der Waals surface area contributed by atoms with E-state index in [0.29, 0.717) is 26.4 Å². The molecule has 0 spiro atoms. The van der Waals surface area contributed by atoms with Crippen LogP contribution < -0.4 is 5.32 Å². The molecule has 1 aromatic heterocycles. The Labute approximate surface area is 237 Å². The number of halogens is 1. The predicted octanol–water partition coefficient (Wildman–Crippen LogP) is 7.92. The zero-order valence-corrected chi connectivity index (χ0v) is 22.9. The maximum Gasteiger partial charge on any atom is 0.124 e. The van der Waals surface area contributed by atoms with Gasteiger partial charge in [0.15, 0.2) is 0 Å². The molecule has 0 aliphatic carbocycles. The Balaban J connectivity index is 1.11. The summed E-state index contributed by atoms with van der Waals surface area (Å²) in [6.45, 7) is 1.81. The van der Waals surface area contributed by atoms with E-state index in [0.717, 1.165) is 48.7 Å². The van der Waals surface area contributed by atoms with Crippen molar-refractivity contribution in [3.05, 3.63) is 102 Å². The zero-order chi connectivity index (χ0) is 27.6. The first-order valence-corrected chi connectivity index (χ1v) is 14.0. The number of ether oxygens (including phenoxy) is 2. The fourth-order valence-electron chi connectivity index (χ4n) is 4.18. The highest BCUT2D eigenvalue weighted by Crippen LogP contribution is 2.32. The van der Waals surface area contributed by atoms with Crippen molar-refractivity contribution in [1.29, 1.82) is 0 Å². The second kappa shape index (κ2) is 13.8. The number of benzene rings is 4. The van der Waals surface area contributed by atoms with Gasteiger partial charge >= 0.3 is 0 Å². The van der Waals surface area contributed by atoms with Crippen LogP contribution in [0.15, 0.2) is 91.0 Å². The van der Waals surface area contributed by atoms with E-state index in [2.05, 4.69) is 95.2 Å². The number of hydrogen-bond acceptors (Lipinski definition) is 6. The molecule has 7 heteroatoms. The maximum atomic E-state index is 12.0. The highest BCUT2D eigenvalue weighted by Gasteiger charge is 2.07. The Bertz CT molecular complexity index is 1530. The van der Waals surface area contributed by atoms with Crippen molar-refractivity contribution in [2.24, 2.45) is 0 Å². The Kier molecular flexibility index (Phi) is 9.53. The van der Waals surface area contributed by atoms with Gasteiger partial charge in [0.1, 0.15) is 17.4 Å². The summed E-state index contributed by atoms with van der Waals surface area (Å²) in [5.41, 5.74) is 7.56. The van der Waals surface area contributed by atoms with Crippen molar-refractivity contribution in [3.63, 3.8) is 0 Å². The summed E-state index contributed by atoms with van der Waals surface area (Å²) in [7, 11) is 0. The number of nitrogens with zero attached hydrogens (tertiary/aromatic N) is 1. The molecule has 0 bridgehead atoms. The Morgan fingerprint density at radius 3 is 1.98 bits per heavy atom. The molecule has 5 nitrogen and oxygen atoms in total. The van der Waals surface area contributed by atoms with Gasteiger partial charge in [-0.3, -0.25) is 0 Å². The third kappa shape index (κ3) is 7.54. The van der Waals surface area contributed by atoms with Crippen LogP contribution in [-0.2, 0) is 9.47 Å². The molecule has 1 heterocycles. The number of rotatable bonds is 13. The van der Waals surface area contributed by atoms with Crippen molar-refractivity contribution in [3.8, 4) is 27.4 Å². The minimum Gasteiger partial charge on any atom is -0.508 e. The van der Waals surface area contributed by atoms with E-state index in [4.69, 9.17) is 9.47 Å². The second-order valence-electron chi connectivity index (χ2n) is 9.17. The normalized spacial score (nSPS) is 11.4. The topological polar surface area (TPSA) is 63.6 Å². The molecule has 4 aromatic carbocycles. The monoisotopic (exact) mass is 554 g/mol. The van der Waals surface area contributed by atoms with Gasteiger partial charge in [-0.05, 0) is 52.6 Å². The number of hydrogen-bond donors (Lipinski definition) is 2. The number of aromatic nitrogens is 1. The van der Waals surface area contributed by atoms with Gasteiger partial charge in [-0.25, -0.2) is 9.37 Å². The van der Waals surface area contributed by atoms with Gasteiger partial charge in [-0.1, -0.05) is 72.8 Å². The molecule has 0 saturated carbocycles. The lowest BCUT2D eigenvalue weighted by Gasteiger charge is -2.09.